The molecule has 2 fully saturated rings. The Bertz CT molecular complexity index is 426. The Morgan fingerprint density at radius 2 is 2.05 bits per heavy atom. The summed E-state index contributed by atoms with van der Waals surface area (Å²) >= 11 is 0. The van der Waals surface area contributed by atoms with Gasteiger partial charge in [-0.1, -0.05) is 13.8 Å². The number of hydrogen-bond acceptors (Lipinski definition) is 3. The van der Waals surface area contributed by atoms with Crippen LogP contribution in [-0.4, -0.2) is 53.1 Å². The normalized spacial score (nSPS) is 33.7. The number of carboxylic acid groups (broad SMARTS) is 1. The summed E-state index contributed by atoms with van der Waals surface area (Å²) in [4.78, 5) is 35.9. The van der Waals surface area contributed by atoms with E-state index in [4.69, 9.17) is 5.11 Å². The van der Waals surface area contributed by atoms with E-state index in [2.05, 4.69) is 24.5 Å². The van der Waals surface area contributed by atoms with Gasteiger partial charge in [0, 0.05) is 12.6 Å². The Hall–Kier alpha value is -1.79. The van der Waals surface area contributed by atoms with Crippen molar-refractivity contribution in [1.82, 2.24) is 15.5 Å². The van der Waals surface area contributed by atoms with Gasteiger partial charge in [0.15, 0.2) is 0 Å². The van der Waals surface area contributed by atoms with Crippen molar-refractivity contribution in [2.75, 3.05) is 13.1 Å². The van der Waals surface area contributed by atoms with Crippen LogP contribution in [0.5, 0.6) is 0 Å². The van der Waals surface area contributed by atoms with Gasteiger partial charge in [-0.15, -0.1) is 0 Å². The fourth-order valence-electron chi connectivity index (χ4n) is 2.89. The molecule has 0 aromatic heterocycles. The summed E-state index contributed by atoms with van der Waals surface area (Å²) in [5, 5.41) is 14.5. The minimum absolute atomic E-state index is 0.0434. The zero-order valence-electron chi connectivity index (χ0n) is 11.8. The molecule has 1 aliphatic heterocycles. The summed E-state index contributed by atoms with van der Waals surface area (Å²) in [7, 11) is 0. The smallest absolute Gasteiger partial charge is 0.328 e. The molecule has 7 heteroatoms. The summed E-state index contributed by atoms with van der Waals surface area (Å²) in [6, 6.07) is -1.41. The molecule has 1 aliphatic carbocycles. The number of hydrogen-bond donors (Lipinski definition) is 3. The zero-order chi connectivity index (χ0) is 14.9. The van der Waals surface area contributed by atoms with Crippen LogP contribution in [0.15, 0.2) is 0 Å². The van der Waals surface area contributed by atoms with E-state index in [1.54, 1.807) is 0 Å². The number of amides is 3. The number of carbonyl (C=O) groups is 3. The van der Waals surface area contributed by atoms with E-state index in [0.717, 1.165) is 17.7 Å². The number of aliphatic carboxylic acids is 1. The van der Waals surface area contributed by atoms with Gasteiger partial charge in [0.1, 0.15) is 12.6 Å². The molecule has 4 unspecified atom stereocenters. The van der Waals surface area contributed by atoms with Crippen LogP contribution in [0.4, 0.5) is 4.79 Å². The van der Waals surface area contributed by atoms with Gasteiger partial charge in [-0.2, -0.15) is 0 Å². The number of nitrogens with zero attached hydrogens (tertiary/aromatic N) is 1. The third kappa shape index (κ3) is 2.86. The van der Waals surface area contributed by atoms with E-state index in [9.17, 15) is 14.4 Å². The van der Waals surface area contributed by atoms with Gasteiger partial charge in [0.05, 0.1) is 0 Å². The van der Waals surface area contributed by atoms with Gasteiger partial charge in [-0.3, -0.25) is 9.69 Å². The molecule has 112 valence electrons. The highest BCUT2D eigenvalue weighted by atomic mass is 16.4. The Morgan fingerprint density at radius 3 is 2.60 bits per heavy atom. The number of piperazine rings is 1. The first-order chi connectivity index (χ1) is 9.40. The lowest BCUT2D eigenvalue weighted by Crippen LogP contribution is -2.62. The molecule has 0 aromatic carbocycles. The van der Waals surface area contributed by atoms with E-state index in [1.807, 2.05) is 0 Å². The van der Waals surface area contributed by atoms with Gasteiger partial charge in [-0.05, 0) is 24.7 Å². The zero-order valence-corrected chi connectivity index (χ0v) is 11.8. The molecule has 20 heavy (non-hydrogen) atoms. The molecule has 1 heterocycles. The van der Waals surface area contributed by atoms with Gasteiger partial charge in [0.25, 0.3) is 0 Å². The van der Waals surface area contributed by atoms with Gasteiger partial charge in [-0.25, -0.2) is 9.59 Å². The van der Waals surface area contributed by atoms with E-state index in [0.29, 0.717) is 11.8 Å². The molecule has 3 amide bonds. The summed E-state index contributed by atoms with van der Waals surface area (Å²) < 4.78 is 0. The lowest BCUT2D eigenvalue weighted by atomic mass is 9.98. The molecule has 0 bridgehead atoms. The first kappa shape index (κ1) is 14.6. The van der Waals surface area contributed by atoms with Crippen LogP contribution in [-0.2, 0) is 9.59 Å². The summed E-state index contributed by atoms with van der Waals surface area (Å²) in [5.74, 6) is -0.528. The Labute approximate surface area is 117 Å². The molecular formula is C13H21N3O4. The second-order valence-electron chi connectivity index (χ2n) is 5.76. The maximum Gasteiger partial charge on any atom is 0.328 e. The number of carboxylic acids is 1. The minimum Gasteiger partial charge on any atom is -0.480 e. The van der Waals surface area contributed by atoms with E-state index >= 15 is 0 Å². The Morgan fingerprint density at radius 1 is 1.35 bits per heavy atom. The molecule has 0 spiro atoms. The molecule has 3 N–H and O–H groups in total. The third-order valence-corrected chi connectivity index (χ3v) is 4.50. The molecule has 1 saturated heterocycles. The fraction of sp³-hybridized carbons (Fsp3) is 0.769. The third-order valence-electron chi connectivity index (χ3n) is 4.50. The van der Waals surface area contributed by atoms with Crippen LogP contribution in [0.3, 0.4) is 0 Å². The highest BCUT2D eigenvalue weighted by molar-refractivity contribution is 5.90. The minimum atomic E-state index is -1.10. The molecule has 2 rings (SSSR count). The maximum atomic E-state index is 12.2. The topological polar surface area (TPSA) is 98.7 Å². The standard InChI is InChI=1S/C13H21N3O4/c1-7-3-4-9(8(7)2)15-13(20)16-6-11(17)14-5-10(16)12(18)19/h7-10H,3-6H2,1-2H3,(H,14,17)(H,15,20)(H,18,19). The molecule has 4 atom stereocenters. The van der Waals surface area contributed by atoms with Gasteiger partial charge < -0.3 is 15.7 Å². The summed E-state index contributed by atoms with van der Waals surface area (Å²) in [5.41, 5.74) is 0. The molecule has 1 saturated carbocycles. The van der Waals surface area contributed by atoms with E-state index < -0.39 is 18.0 Å². The lowest BCUT2D eigenvalue weighted by Gasteiger charge is -2.34. The predicted octanol–water partition coefficient (Wildman–Crippen LogP) is 0.0156. The number of urea groups is 1. The highest BCUT2D eigenvalue weighted by Gasteiger charge is 2.38. The molecule has 0 aromatic rings. The van der Waals surface area contributed by atoms with Crippen molar-refractivity contribution in [2.24, 2.45) is 11.8 Å². The summed E-state index contributed by atoms with van der Waals surface area (Å²) in [6.07, 6.45) is 1.95. The number of carbonyl (C=O) groups excluding carboxylic acids is 2. The first-order valence-electron chi connectivity index (χ1n) is 6.96. The van der Waals surface area contributed by atoms with Crippen molar-refractivity contribution in [3.63, 3.8) is 0 Å². The van der Waals surface area contributed by atoms with E-state index in [-0.39, 0.29) is 25.0 Å². The summed E-state index contributed by atoms with van der Waals surface area (Å²) in [6.45, 7) is 3.98. The highest BCUT2D eigenvalue weighted by Crippen LogP contribution is 2.31. The molecule has 7 nitrogen and oxygen atoms in total. The van der Waals surface area contributed by atoms with Crippen LogP contribution < -0.4 is 10.6 Å². The quantitative estimate of drug-likeness (QED) is 0.665. The van der Waals surface area contributed by atoms with Crippen molar-refractivity contribution in [3.8, 4) is 0 Å². The van der Waals surface area contributed by atoms with Gasteiger partial charge >= 0.3 is 12.0 Å². The van der Waals surface area contributed by atoms with E-state index in [1.165, 1.54) is 0 Å². The van der Waals surface area contributed by atoms with Crippen molar-refractivity contribution < 1.29 is 19.5 Å². The Kier molecular flexibility index (Phi) is 4.15. The maximum absolute atomic E-state index is 12.2. The fourth-order valence-corrected chi connectivity index (χ4v) is 2.89. The lowest BCUT2D eigenvalue weighted by molar-refractivity contribution is -0.144. The SMILES string of the molecule is CC1CCC(NC(=O)N2CC(=O)NCC2C(=O)O)C1C. The van der Waals surface area contributed by atoms with Crippen LogP contribution in [0.2, 0.25) is 0 Å². The predicted molar refractivity (Wildman–Crippen MR) is 71.0 cm³/mol. The second kappa shape index (κ2) is 5.68. The molecular weight excluding hydrogens is 262 g/mol. The van der Waals surface area contributed by atoms with Crippen molar-refractivity contribution in [3.05, 3.63) is 0 Å². The number of rotatable bonds is 2. The average Bonchev–Trinajstić information content (AvgIpc) is 2.70. The monoisotopic (exact) mass is 283 g/mol. The number of nitrogens with one attached hydrogen (secondary N) is 2. The first-order valence-corrected chi connectivity index (χ1v) is 6.96. The van der Waals surface area contributed by atoms with Gasteiger partial charge in [0.2, 0.25) is 5.91 Å². The molecule has 2 aliphatic rings. The van der Waals surface area contributed by atoms with Crippen LogP contribution in [0.25, 0.3) is 0 Å². The van der Waals surface area contributed by atoms with Crippen molar-refractivity contribution in [2.45, 2.75) is 38.8 Å². The largest absolute Gasteiger partial charge is 0.480 e. The Balaban J connectivity index is 2.02. The van der Waals surface area contributed by atoms with Crippen LogP contribution >= 0.6 is 0 Å². The van der Waals surface area contributed by atoms with Crippen molar-refractivity contribution in [1.29, 1.82) is 0 Å². The molecule has 0 radical (unpaired) electrons. The second-order valence-corrected chi connectivity index (χ2v) is 5.76. The van der Waals surface area contributed by atoms with Crippen LogP contribution in [0.1, 0.15) is 26.7 Å². The van der Waals surface area contributed by atoms with Crippen molar-refractivity contribution >= 4 is 17.9 Å². The van der Waals surface area contributed by atoms with Crippen LogP contribution in [0, 0.1) is 11.8 Å². The average molecular weight is 283 g/mol.